The zero-order valence-corrected chi connectivity index (χ0v) is 13.0. The van der Waals surface area contributed by atoms with Crippen molar-refractivity contribution in [2.24, 2.45) is 7.05 Å². The van der Waals surface area contributed by atoms with Crippen LogP contribution in [0.15, 0.2) is 35.5 Å². The summed E-state index contributed by atoms with van der Waals surface area (Å²) in [5.74, 6) is 0. The fourth-order valence-corrected chi connectivity index (χ4v) is 2.65. The smallest absolute Gasteiger partial charge is 0.175 e. The van der Waals surface area contributed by atoms with Crippen LogP contribution in [0.25, 0.3) is 0 Å². The predicted molar refractivity (Wildman–Crippen MR) is 79.8 cm³/mol. The summed E-state index contributed by atoms with van der Waals surface area (Å²) in [6, 6.07) is 4.59. The van der Waals surface area contributed by atoms with Crippen LogP contribution in [0.4, 0.5) is 5.69 Å². The maximum Gasteiger partial charge on any atom is 0.175 e. The molecule has 0 amide bonds. The van der Waals surface area contributed by atoms with E-state index in [1.165, 1.54) is 12.3 Å². The number of anilines is 1. The third-order valence-corrected chi connectivity index (χ3v) is 4.40. The van der Waals surface area contributed by atoms with E-state index < -0.39 is 9.84 Å². The number of nitrogens with zero attached hydrogens (tertiary/aromatic N) is 2. The first-order valence-corrected chi connectivity index (χ1v) is 8.29. The van der Waals surface area contributed by atoms with Crippen LogP contribution < -0.4 is 5.32 Å². The molecule has 0 radical (unpaired) electrons. The van der Waals surface area contributed by atoms with Gasteiger partial charge in [-0.15, -0.1) is 0 Å². The van der Waals surface area contributed by atoms with Gasteiger partial charge in [0, 0.05) is 25.1 Å². The minimum Gasteiger partial charge on any atom is -0.377 e. The second kappa shape index (κ2) is 5.46. The van der Waals surface area contributed by atoms with Crippen LogP contribution in [-0.4, -0.2) is 24.5 Å². The summed E-state index contributed by atoms with van der Waals surface area (Å²) in [7, 11) is -1.41. The zero-order valence-electron chi connectivity index (χ0n) is 11.5. The lowest BCUT2D eigenvalue weighted by molar-refractivity contribution is 0.602. The quantitative estimate of drug-likeness (QED) is 0.942. The first-order valence-electron chi connectivity index (χ1n) is 6.02. The van der Waals surface area contributed by atoms with Crippen LogP contribution in [0, 0.1) is 0 Å². The van der Waals surface area contributed by atoms with Crippen molar-refractivity contribution < 1.29 is 8.42 Å². The van der Waals surface area contributed by atoms with Gasteiger partial charge >= 0.3 is 0 Å². The van der Waals surface area contributed by atoms with E-state index in [1.807, 2.05) is 20.2 Å². The van der Waals surface area contributed by atoms with Crippen LogP contribution in [0.2, 0.25) is 5.02 Å². The Bertz CT molecular complexity index is 725. The Labute approximate surface area is 123 Å². The van der Waals surface area contributed by atoms with Gasteiger partial charge in [0.2, 0.25) is 0 Å². The zero-order chi connectivity index (χ0) is 14.9. The van der Waals surface area contributed by atoms with E-state index in [0.717, 1.165) is 5.56 Å². The topological polar surface area (TPSA) is 64.0 Å². The number of aromatic nitrogens is 2. The van der Waals surface area contributed by atoms with Gasteiger partial charge in [0.25, 0.3) is 0 Å². The van der Waals surface area contributed by atoms with E-state index in [0.29, 0.717) is 10.7 Å². The van der Waals surface area contributed by atoms with Gasteiger partial charge < -0.3 is 5.32 Å². The molecule has 0 fully saturated rings. The van der Waals surface area contributed by atoms with E-state index in [1.54, 1.807) is 23.0 Å². The molecule has 0 bridgehead atoms. The van der Waals surface area contributed by atoms with Gasteiger partial charge in [0.05, 0.1) is 27.8 Å². The summed E-state index contributed by atoms with van der Waals surface area (Å²) in [6.07, 6.45) is 4.82. The molecule has 1 aromatic heterocycles. The van der Waals surface area contributed by atoms with Gasteiger partial charge in [-0.25, -0.2) is 8.42 Å². The van der Waals surface area contributed by atoms with Gasteiger partial charge in [-0.05, 0) is 25.1 Å². The highest BCUT2D eigenvalue weighted by molar-refractivity contribution is 7.90. The molecule has 1 heterocycles. The lowest BCUT2D eigenvalue weighted by Gasteiger charge is -2.15. The Balaban J connectivity index is 2.29. The Morgan fingerprint density at radius 1 is 1.40 bits per heavy atom. The first kappa shape index (κ1) is 14.9. The number of halogens is 1. The molecular weight excluding hydrogens is 298 g/mol. The third-order valence-electron chi connectivity index (χ3n) is 2.96. The molecule has 0 saturated carbocycles. The minimum atomic E-state index is -3.25. The molecule has 1 unspecified atom stereocenters. The number of benzene rings is 1. The maximum absolute atomic E-state index is 11.6. The normalized spacial score (nSPS) is 13.2. The highest BCUT2D eigenvalue weighted by Crippen LogP contribution is 2.28. The number of aryl methyl sites for hydroxylation is 1. The molecule has 20 heavy (non-hydrogen) atoms. The van der Waals surface area contributed by atoms with Crippen molar-refractivity contribution in [1.29, 1.82) is 0 Å². The number of hydrogen-bond donors (Lipinski definition) is 1. The largest absolute Gasteiger partial charge is 0.377 e. The summed E-state index contributed by atoms with van der Waals surface area (Å²) < 4.78 is 24.9. The highest BCUT2D eigenvalue weighted by Gasteiger charge is 2.13. The molecule has 2 aromatic rings. The highest BCUT2D eigenvalue weighted by atomic mass is 35.5. The van der Waals surface area contributed by atoms with Gasteiger partial charge in [-0.1, -0.05) is 11.6 Å². The first-order chi connectivity index (χ1) is 9.27. The number of sulfone groups is 1. The van der Waals surface area contributed by atoms with E-state index in [9.17, 15) is 8.42 Å². The van der Waals surface area contributed by atoms with Crippen molar-refractivity contribution in [3.05, 3.63) is 41.2 Å². The summed E-state index contributed by atoms with van der Waals surface area (Å²) in [5.41, 5.74) is 1.58. The molecule has 0 saturated heterocycles. The van der Waals surface area contributed by atoms with Crippen LogP contribution in [0.3, 0.4) is 0 Å². The molecule has 2 rings (SSSR count). The Kier molecular flexibility index (Phi) is 4.06. The second-order valence-corrected chi connectivity index (χ2v) is 7.15. The van der Waals surface area contributed by atoms with Gasteiger partial charge in [-0.2, -0.15) is 5.10 Å². The van der Waals surface area contributed by atoms with Crippen LogP contribution in [0.5, 0.6) is 0 Å². The fourth-order valence-electron chi connectivity index (χ4n) is 1.83. The Hall–Kier alpha value is -1.53. The molecular formula is C13H16ClN3O2S. The minimum absolute atomic E-state index is 0.0315. The lowest BCUT2D eigenvalue weighted by atomic mass is 10.2. The molecule has 1 N–H and O–H groups in total. The molecule has 0 aliphatic rings. The average molecular weight is 314 g/mol. The monoisotopic (exact) mass is 313 g/mol. The second-order valence-electron chi connectivity index (χ2n) is 4.73. The fraction of sp³-hybridized carbons (Fsp3) is 0.308. The van der Waals surface area contributed by atoms with Crippen molar-refractivity contribution in [2.75, 3.05) is 11.6 Å². The van der Waals surface area contributed by atoms with E-state index >= 15 is 0 Å². The molecule has 108 valence electrons. The van der Waals surface area contributed by atoms with Crippen molar-refractivity contribution in [2.45, 2.75) is 17.9 Å². The third kappa shape index (κ3) is 3.32. The molecule has 7 heteroatoms. The van der Waals surface area contributed by atoms with Crippen molar-refractivity contribution in [3.8, 4) is 0 Å². The summed E-state index contributed by atoms with van der Waals surface area (Å²) in [6.45, 7) is 1.96. The molecule has 0 aliphatic heterocycles. The van der Waals surface area contributed by atoms with Crippen LogP contribution in [0.1, 0.15) is 18.5 Å². The van der Waals surface area contributed by atoms with Gasteiger partial charge in [-0.3, -0.25) is 4.68 Å². The van der Waals surface area contributed by atoms with Crippen molar-refractivity contribution >= 4 is 27.1 Å². The van der Waals surface area contributed by atoms with Gasteiger partial charge in [0.1, 0.15) is 0 Å². The van der Waals surface area contributed by atoms with E-state index in [2.05, 4.69) is 10.4 Å². The standard InChI is InChI=1S/C13H16ClN3O2S/c1-9(10-7-15-17(2)8-10)16-13-6-11(20(3,18)19)4-5-12(13)14/h4-9,16H,1-3H3. The number of nitrogens with one attached hydrogen (secondary N) is 1. The maximum atomic E-state index is 11.6. The van der Waals surface area contributed by atoms with Crippen molar-refractivity contribution in [3.63, 3.8) is 0 Å². The molecule has 1 atom stereocenters. The lowest BCUT2D eigenvalue weighted by Crippen LogP contribution is -2.07. The Morgan fingerprint density at radius 3 is 2.65 bits per heavy atom. The Morgan fingerprint density at radius 2 is 2.10 bits per heavy atom. The van der Waals surface area contributed by atoms with Crippen LogP contribution >= 0.6 is 11.6 Å². The SMILES string of the molecule is CC(Nc1cc(S(C)(=O)=O)ccc1Cl)c1cnn(C)c1. The van der Waals surface area contributed by atoms with E-state index in [4.69, 9.17) is 11.6 Å². The molecule has 0 aliphatic carbocycles. The van der Waals surface area contributed by atoms with E-state index in [-0.39, 0.29) is 10.9 Å². The summed E-state index contributed by atoms with van der Waals surface area (Å²) >= 11 is 6.10. The molecule has 0 spiro atoms. The summed E-state index contributed by atoms with van der Waals surface area (Å²) in [4.78, 5) is 0.239. The molecule has 5 nitrogen and oxygen atoms in total. The van der Waals surface area contributed by atoms with Crippen LogP contribution in [-0.2, 0) is 16.9 Å². The van der Waals surface area contributed by atoms with Gasteiger partial charge in [0.15, 0.2) is 9.84 Å². The predicted octanol–water partition coefficient (Wildman–Crippen LogP) is 2.65. The number of rotatable bonds is 4. The number of hydrogen-bond acceptors (Lipinski definition) is 4. The van der Waals surface area contributed by atoms with Crippen molar-refractivity contribution in [1.82, 2.24) is 9.78 Å². The average Bonchev–Trinajstić information content (AvgIpc) is 2.77. The summed E-state index contributed by atoms with van der Waals surface area (Å²) in [5, 5.41) is 7.79. The molecule has 1 aromatic carbocycles.